The lowest BCUT2D eigenvalue weighted by Crippen LogP contribution is -2.18. The highest BCUT2D eigenvalue weighted by Crippen LogP contribution is 2.08. The normalized spacial score (nSPS) is 12.4. The molecular weight excluding hydrogens is 206 g/mol. The van der Waals surface area contributed by atoms with Gasteiger partial charge in [-0.2, -0.15) is 0 Å². The number of hydrogen-bond acceptors (Lipinski definition) is 4. The molecule has 1 heterocycles. The molecule has 1 rings (SSSR count). The Bertz CT molecular complexity index is 376. The van der Waals surface area contributed by atoms with E-state index in [-0.39, 0.29) is 12.2 Å². The Balaban J connectivity index is 2.56. The van der Waals surface area contributed by atoms with E-state index in [0.29, 0.717) is 17.6 Å². The molecule has 0 saturated carbocycles. The Labute approximate surface area is 94.9 Å². The van der Waals surface area contributed by atoms with Gasteiger partial charge in [0, 0.05) is 19.2 Å². The van der Waals surface area contributed by atoms with E-state index in [0.717, 1.165) is 19.4 Å². The average Bonchev–Trinajstić information content (AvgIpc) is 2.23. The molecule has 5 nitrogen and oxygen atoms in total. The summed E-state index contributed by atoms with van der Waals surface area (Å²) >= 11 is 0. The predicted octanol–water partition coefficient (Wildman–Crippen LogP) is 0.899. The van der Waals surface area contributed by atoms with Crippen molar-refractivity contribution in [3.8, 4) is 0 Å². The van der Waals surface area contributed by atoms with Crippen LogP contribution in [0.1, 0.15) is 25.6 Å². The van der Waals surface area contributed by atoms with E-state index >= 15 is 0 Å². The number of aromatic nitrogens is 2. The summed E-state index contributed by atoms with van der Waals surface area (Å²) in [6, 6.07) is 1.44. The van der Waals surface area contributed by atoms with Gasteiger partial charge in [0.1, 0.15) is 11.6 Å². The fourth-order valence-electron chi connectivity index (χ4n) is 1.55. The quantitative estimate of drug-likeness (QED) is 0.672. The van der Waals surface area contributed by atoms with Gasteiger partial charge in [-0.25, -0.2) is 4.98 Å². The number of anilines is 1. The van der Waals surface area contributed by atoms with E-state index in [1.54, 1.807) is 6.92 Å². The second-order valence-corrected chi connectivity index (χ2v) is 3.88. The number of aromatic amines is 1. The molecule has 0 aliphatic carbocycles. The topological polar surface area (TPSA) is 78.0 Å². The van der Waals surface area contributed by atoms with Crippen molar-refractivity contribution in [3.05, 3.63) is 22.2 Å². The number of H-pyrrole nitrogens is 1. The van der Waals surface area contributed by atoms with Crippen LogP contribution in [0, 0.1) is 12.8 Å². The number of aliphatic hydroxyl groups excluding tert-OH is 1. The maximum absolute atomic E-state index is 11.2. The van der Waals surface area contributed by atoms with Gasteiger partial charge in [0.05, 0.1) is 0 Å². The molecule has 0 bridgehead atoms. The van der Waals surface area contributed by atoms with E-state index < -0.39 is 0 Å². The van der Waals surface area contributed by atoms with E-state index in [4.69, 9.17) is 5.11 Å². The molecule has 1 aromatic heterocycles. The molecule has 3 N–H and O–H groups in total. The number of aryl methyl sites for hydroxylation is 1. The molecule has 1 atom stereocenters. The van der Waals surface area contributed by atoms with Gasteiger partial charge < -0.3 is 15.4 Å². The molecule has 0 amide bonds. The van der Waals surface area contributed by atoms with Gasteiger partial charge in [-0.05, 0) is 19.3 Å². The zero-order valence-electron chi connectivity index (χ0n) is 9.79. The zero-order chi connectivity index (χ0) is 12.0. The first-order chi connectivity index (χ1) is 7.65. The summed E-state index contributed by atoms with van der Waals surface area (Å²) in [6.07, 6.45) is 1.77. The smallest absolute Gasteiger partial charge is 0.252 e. The Kier molecular flexibility index (Phi) is 4.98. The minimum Gasteiger partial charge on any atom is -0.396 e. The largest absolute Gasteiger partial charge is 0.396 e. The molecule has 5 heteroatoms. The minimum absolute atomic E-state index is 0.148. The maximum Gasteiger partial charge on any atom is 0.252 e. The lowest BCUT2D eigenvalue weighted by Gasteiger charge is -2.14. The third kappa shape index (κ3) is 4.02. The second kappa shape index (κ2) is 6.27. The molecule has 0 radical (unpaired) electrons. The van der Waals surface area contributed by atoms with Crippen LogP contribution < -0.4 is 10.9 Å². The van der Waals surface area contributed by atoms with Crippen LogP contribution in [0.4, 0.5) is 5.82 Å². The molecule has 1 aromatic rings. The first-order valence-electron chi connectivity index (χ1n) is 5.58. The lowest BCUT2D eigenvalue weighted by atomic mass is 10.0. The summed E-state index contributed by atoms with van der Waals surface area (Å²) in [5, 5.41) is 12.0. The summed E-state index contributed by atoms with van der Waals surface area (Å²) in [7, 11) is 0. The van der Waals surface area contributed by atoms with E-state index in [1.165, 1.54) is 6.07 Å². The van der Waals surface area contributed by atoms with Crippen LogP contribution in [-0.2, 0) is 0 Å². The van der Waals surface area contributed by atoms with Gasteiger partial charge in [-0.1, -0.05) is 13.3 Å². The van der Waals surface area contributed by atoms with Crippen LogP contribution in [0.25, 0.3) is 0 Å². The zero-order valence-corrected chi connectivity index (χ0v) is 9.79. The molecule has 0 spiro atoms. The standard InChI is InChI=1S/C11H19N3O2/c1-3-9(4-5-15)7-12-10-6-11(16)14-8(2)13-10/h6,9,15H,3-5,7H2,1-2H3,(H2,12,13,14,16). The summed E-state index contributed by atoms with van der Waals surface area (Å²) in [5.74, 6) is 1.61. The number of nitrogens with zero attached hydrogens (tertiary/aromatic N) is 1. The van der Waals surface area contributed by atoms with Gasteiger partial charge >= 0.3 is 0 Å². The number of rotatable bonds is 6. The second-order valence-electron chi connectivity index (χ2n) is 3.88. The van der Waals surface area contributed by atoms with Crippen molar-refractivity contribution < 1.29 is 5.11 Å². The fourth-order valence-corrected chi connectivity index (χ4v) is 1.55. The van der Waals surface area contributed by atoms with Crippen molar-refractivity contribution in [2.24, 2.45) is 5.92 Å². The number of aliphatic hydroxyl groups is 1. The first-order valence-corrected chi connectivity index (χ1v) is 5.58. The van der Waals surface area contributed by atoms with Crippen LogP contribution in [-0.4, -0.2) is 28.2 Å². The third-order valence-electron chi connectivity index (χ3n) is 2.55. The maximum atomic E-state index is 11.2. The predicted molar refractivity (Wildman–Crippen MR) is 63.6 cm³/mol. The van der Waals surface area contributed by atoms with Gasteiger partial charge in [0.25, 0.3) is 5.56 Å². The Hall–Kier alpha value is -1.36. The Morgan fingerprint density at radius 3 is 2.94 bits per heavy atom. The van der Waals surface area contributed by atoms with E-state index in [9.17, 15) is 4.79 Å². The van der Waals surface area contributed by atoms with Gasteiger partial charge in [0.15, 0.2) is 0 Å². The van der Waals surface area contributed by atoms with Crippen LogP contribution in [0.5, 0.6) is 0 Å². The highest BCUT2D eigenvalue weighted by atomic mass is 16.3. The lowest BCUT2D eigenvalue weighted by molar-refractivity contribution is 0.258. The van der Waals surface area contributed by atoms with Crippen molar-refractivity contribution in [3.63, 3.8) is 0 Å². The monoisotopic (exact) mass is 225 g/mol. The van der Waals surface area contributed by atoms with Gasteiger partial charge in [-0.3, -0.25) is 4.79 Å². The SMILES string of the molecule is CCC(CCO)CNc1cc(=O)[nH]c(C)n1. The summed E-state index contributed by atoms with van der Waals surface area (Å²) < 4.78 is 0. The highest BCUT2D eigenvalue weighted by Gasteiger charge is 2.06. The van der Waals surface area contributed by atoms with E-state index in [1.807, 2.05) is 0 Å². The molecule has 0 aromatic carbocycles. The molecular formula is C11H19N3O2. The molecule has 0 aliphatic rings. The molecule has 0 saturated heterocycles. The average molecular weight is 225 g/mol. The van der Waals surface area contributed by atoms with Crippen LogP contribution in [0.2, 0.25) is 0 Å². The molecule has 0 aliphatic heterocycles. The van der Waals surface area contributed by atoms with Crippen LogP contribution >= 0.6 is 0 Å². The number of hydrogen-bond donors (Lipinski definition) is 3. The van der Waals surface area contributed by atoms with Crippen molar-refractivity contribution in [1.82, 2.24) is 9.97 Å². The molecule has 90 valence electrons. The summed E-state index contributed by atoms with van der Waals surface area (Å²) in [6.45, 7) is 4.76. The summed E-state index contributed by atoms with van der Waals surface area (Å²) in [5.41, 5.74) is -0.148. The Morgan fingerprint density at radius 1 is 1.62 bits per heavy atom. The minimum atomic E-state index is -0.148. The molecule has 0 fully saturated rings. The molecule has 16 heavy (non-hydrogen) atoms. The van der Waals surface area contributed by atoms with Gasteiger partial charge in [0.2, 0.25) is 0 Å². The van der Waals surface area contributed by atoms with E-state index in [2.05, 4.69) is 22.2 Å². The van der Waals surface area contributed by atoms with Crippen molar-refractivity contribution in [1.29, 1.82) is 0 Å². The van der Waals surface area contributed by atoms with Crippen LogP contribution in [0.15, 0.2) is 10.9 Å². The van der Waals surface area contributed by atoms with Crippen LogP contribution in [0.3, 0.4) is 0 Å². The van der Waals surface area contributed by atoms with Crippen molar-refractivity contribution in [2.45, 2.75) is 26.7 Å². The van der Waals surface area contributed by atoms with Crippen molar-refractivity contribution >= 4 is 5.82 Å². The third-order valence-corrected chi connectivity index (χ3v) is 2.55. The fraction of sp³-hybridized carbons (Fsp3) is 0.636. The van der Waals surface area contributed by atoms with Crippen molar-refractivity contribution in [2.75, 3.05) is 18.5 Å². The highest BCUT2D eigenvalue weighted by molar-refractivity contribution is 5.32. The first kappa shape index (κ1) is 12.7. The Morgan fingerprint density at radius 2 is 2.38 bits per heavy atom. The molecule has 1 unspecified atom stereocenters. The van der Waals surface area contributed by atoms with Gasteiger partial charge in [-0.15, -0.1) is 0 Å². The summed E-state index contributed by atoms with van der Waals surface area (Å²) in [4.78, 5) is 17.9. The number of nitrogens with one attached hydrogen (secondary N) is 2.